The summed E-state index contributed by atoms with van der Waals surface area (Å²) in [5.41, 5.74) is 1.28. The molecule has 108 valence electrons. The van der Waals surface area contributed by atoms with E-state index in [2.05, 4.69) is 91.5 Å². The van der Waals surface area contributed by atoms with Crippen LogP contribution in [0, 0.1) is 0 Å². The summed E-state index contributed by atoms with van der Waals surface area (Å²) in [6.45, 7) is 16.9. The number of rotatable bonds is 2. The molecule has 1 rings (SSSR count). The topological polar surface area (TPSA) is 3.24 Å². The summed E-state index contributed by atoms with van der Waals surface area (Å²) in [5, 5.41) is 2.19. The second kappa shape index (κ2) is 5.09. The van der Waals surface area contributed by atoms with Gasteiger partial charge in [0, 0.05) is 19.8 Å². The van der Waals surface area contributed by atoms with Crippen molar-refractivity contribution in [1.29, 1.82) is 0 Å². The summed E-state index contributed by atoms with van der Waals surface area (Å²) in [6, 6.07) is 9.20. The van der Waals surface area contributed by atoms with Gasteiger partial charge in [-0.25, -0.2) is 0 Å². The molecule has 0 saturated heterocycles. The van der Waals surface area contributed by atoms with Crippen molar-refractivity contribution in [2.45, 2.75) is 51.9 Å². The summed E-state index contributed by atoms with van der Waals surface area (Å²) in [7, 11) is 2.93. The van der Waals surface area contributed by atoms with E-state index in [9.17, 15) is 0 Å². The zero-order valence-corrected chi connectivity index (χ0v) is 15.1. The van der Waals surface area contributed by atoms with E-state index in [-0.39, 0.29) is 0 Å². The molecule has 1 aromatic carbocycles. The van der Waals surface area contributed by atoms with E-state index in [0.29, 0.717) is 10.3 Å². The lowest BCUT2D eigenvalue weighted by Crippen LogP contribution is -2.39. The highest BCUT2D eigenvalue weighted by atomic mass is 31.2. The van der Waals surface area contributed by atoms with E-state index in [1.807, 2.05) is 0 Å². The molecule has 1 nitrogen and oxygen atoms in total. The van der Waals surface area contributed by atoms with Crippen molar-refractivity contribution in [1.82, 2.24) is 0 Å². The third kappa shape index (κ3) is 2.97. The third-order valence-electron chi connectivity index (χ3n) is 4.57. The van der Waals surface area contributed by atoms with Crippen molar-refractivity contribution >= 4 is 18.3 Å². The Hall–Kier alpha value is -0.550. The average molecular weight is 280 g/mol. The van der Waals surface area contributed by atoms with Crippen molar-refractivity contribution in [3.8, 4) is 0 Å². The van der Waals surface area contributed by atoms with Crippen LogP contribution in [0.3, 0.4) is 0 Å². The van der Waals surface area contributed by atoms with Crippen LogP contribution in [0.1, 0.15) is 41.5 Å². The highest BCUT2D eigenvalue weighted by molar-refractivity contribution is 7.84. The maximum atomic E-state index is 2.51. The van der Waals surface area contributed by atoms with Crippen LogP contribution in [-0.4, -0.2) is 31.1 Å². The zero-order chi connectivity index (χ0) is 15.1. The summed E-state index contributed by atoms with van der Waals surface area (Å²) < 4.78 is 0. The van der Waals surface area contributed by atoms with Gasteiger partial charge in [0.15, 0.2) is 0 Å². The van der Waals surface area contributed by atoms with Gasteiger partial charge in [-0.3, -0.25) is 0 Å². The van der Waals surface area contributed by atoms with Crippen LogP contribution >= 0.6 is 7.26 Å². The van der Waals surface area contributed by atoms with Crippen molar-refractivity contribution in [2.75, 3.05) is 25.7 Å². The molecule has 0 unspecified atom stereocenters. The fraction of sp³-hybridized carbons (Fsp3) is 0.647. The largest absolute Gasteiger partial charge is 0.378 e. The molecule has 0 radical (unpaired) electrons. The lowest BCUT2D eigenvalue weighted by Gasteiger charge is -2.44. The first-order valence-corrected chi connectivity index (χ1v) is 9.29. The standard InChI is InChI=1S/C17H31NP/c1-16(2,3)19(9,17(4,5)6)15-12-10-14(11-13-15)18(7)8/h10-13H,1-9H3/q+1. The predicted octanol–water partition coefficient (Wildman–Crippen LogP) is 4.62. The first-order chi connectivity index (χ1) is 8.41. The van der Waals surface area contributed by atoms with Crippen LogP contribution in [0.25, 0.3) is 0 Å². The molecule has 0 heterocycles. The van der Waals surface area contributed by atoms with Crippen molar-refractivity contribution in [3.05, 3.63) is 24.3 Å². The van der Waals surface area contributed by atoms with Crippen molar-refractivity contribution in [2.24, 2.45) is 0 Å². The van der Waals surface area contributed by atoms with Crippen LogP contribution in [0.4, 0.5) is 5.69 Å². The molecule has 0 bridgehead atoms. The van der Waals surface area contributed by atoms with Gasteiger partial charge in [-0.1, -0.05) is 0 Å². The Labute approximate surface area is 120 Å². The van der Waals surface area contributed by atoms with Gasteiger partial charge in [-0.15, -0.1) is 0 Å². The Morgan fingerprint density at radius 1 is 0.789 bits per heavy atom. The molecule has 0 aliphatic rings. The molecule has 1 aromatic rings. The van der Waals surface area contributed by atoms with Gasteiger partial charge >= 0.3 is 0 Å². The minimum absolute atomic E-state index is 0.324. The number of hydrogen-bond donors (Lipinski definition) is 0. The van der Waals surface area contributed by atoms with Gasteiger partial charge in [0.05, 0.1) is 29.5 Å². The lowest BCUT2D eigenvalue weighted by atomic mass is 10.2. The highest BCUT2D eigenvalue weighted by Crippen LogP contribution is 2.72. The zero-order valence-electron chi connectivity index (χ0n) is 14.2. The summed E-state index contributed by atoms with van der Waals surface area (Å²) in [6.07, 6.45) is 0. The van der Waals surface area contributed by atoms with Crippen LogP contribution in [0.15, 0.2) is 24.3 Å². The first kappa shape index (κ1) is 16.5. The highest BCUT2D eigenvalue weighted by Gasteiger charge is 2.55. The summed E-state index contributed by atoms with van der Waals surface area (Å²) >= 11 is 0. The number of nitrogens with zero attached hydrogens (tertiary/aromatic N) is 1. The minimum Gasteiger partial charge on any atom is -0.378 e. The summed E-state index contributed by atoms with van der Waals surface area (Å²) in [5.74, 6) is 0. The first-order valence-electron chi connectivity index (χ1n) is 7.06. The molecule has 0 aliphatic carbocycles. The Kier molecular flexibility index (Phi) is 4.42. The van der Waals surface area contributed by atoms with E-state index in [0.717, 1.165) is 0 Å². The van der Waals surface area contributed by atoms with Crippen molar-refractivity contribution in [3.63, 3.8) is 0 Å². The monoisotopic (exact) mass is 280 g/mol. The lowest BCUT2D eigenvalue weighted by molar-refractivity contribution is 0.699. The molecular formula is C17H31NP+. The summed E-state index contributed by atoms with van der Waals surface area (Å²) in [4.78, 5) is 2.16. The Morgan fingerprint density at radius 3 is 1.42 bits per heavy atom. The maximum Gasteiger partial charge on any atom is 0.0949 e. The molecule has 2 heteroatoms. The van der Waals surface area contributed by atoms with Crippen LogP contribution < -0.4 is 10.2 Å². The Morgan fingerprint density at radius 2 is 1.16 bits per heavy atom. The molecular weight excluding hydrogens is 249 g/mol. The predicted molar refractivity (Wildman–Crippen MR) is 92.8 cm³/mol. The van der Waals surface area contributed by atoms with E-state index >= 15 is 0 Å². The van der Waals surface area contributed by atoms with Gasteiger partial charge in [0.1, 0.15) is 0 Å². The fourth-order valence-electron chi connectivity index (χ4n) is 2.83. The molecule has 0 fully saturated rings. The minimum atomic E-state index is -1.26. The second-order valence-corrected chi connectivity index (χ2v) is 13.0. The number of hydrogen-bond acceptors (Lipinski definition) is 1. The smallest absolute Gasteiger partial charge is 0.0949 e. The molecule has 0 amide bonds. The Balaban J connectivity index is 3.36. The van der Waals surface area contributed by atoms with E-state index in [1.54, 1.807) is 0 Å². The number of anilines is 1. The second-order valence-electron chi connectivity index (χ2n) is 7.76. The van der Waals surface area contributed by atoms with Gasteiger partial charge < -0.3 is 4.90 Å². The Bertz CT molecular complexity index is 404. The molecule has 0 aliphatic heterocycles. The SMILES string of the molecule is CN(C)c1ccc([P+](C)(C(C)(C)C)C(C)(C)C)cc1. The quantitative estimate of drug-likeness (QED) is 0.714. The molecule has 0 saturated carbocycles. The van der Waals surface area contributed by atoms with Crippen molar-refractivity contribution < 1.29 is 0 Å². The third-order valence-corrected chi connectivity index (χ3v) is 11.3. The molecule has 0 aromatic heterocycles. The molecule has 0 spiro atoms. The van der Waals surface area contributed by atoms with Crippen LogP contribution in [-0.2, 0) is 0 Å². The maximum absolute atomic E-state index is 2.51. The molecule has 19 heavy (non-hydrogen) atoms. The van der Waals surface area contributed by atoms with Crippen LogP contribution in [0.5, 0.6) is 0 Å². The van der Waals surface area contributed by atoms with Gasteiger partial charge in [-0.2, -0.15) is 0 Å². The normalized spacial score (nSPS) is 13.5. The molecule has 0 atom stereocenters. The van der Waals surface area contributed by atoms with E-state index in [1.165, 1.54) is 11.0 Å². The van der Waals surface area contributed by atoms with Gasteiger partial charge in [0.25, 0.3) is 0 Å². The number of benzene rings is 1. The van der Waals surface area contributed by atoms with E-state index < -0.39 is 7.26 Å². The van der Waals surface area contributed by atoms with Gasteiger partial charge in [-0.05, 0) is 65.8 Å². The van der Waals surface area contributed by atoms with E-state index in [4.69, 9.17) is 0 Å². The van der Waals surface area contributed by atoms with Crippen LogP contribution in [0.2, 0.25) is 0 Å². The fourth-order valence-corrected chi connectivity index (χ4v) is 7.14. The van der Waals surface area contributed by atoms with Gasteiger partial charge in [0.2, 0.25) is 0 Å². The molecule has 0 N–H and O–H groups in total. The average Bonchev–Trinajstić information content (AvgIpc) is 2.25.